The van der Waals surface area contributed by atoms with Gasteiger partial charge in [0.1, 0.15) is 11.6 Å². The second-order valence-electron chi connectivity index (χ2n) is 7.51. The lowest BCUT2D eigenvalue weighted by Crippen LogP contribution is -2.46. The number of hydrogen-bond acceptors (Lipinski definition) is 3. The molecule has 1 atom stereocenters. The summed E-state index contributed by atoms with van der Waals surface area (Å²) in [5.74, 6) is -1.14. The normalized spacial score (nSPS) is 17.8. The van der Waals surface area contributed by atoms with Gasteiger partial charge in [0.25, 0.3) is 0 Å². The van der Waals surface area contributed by atoms with Gasteiger partial charge in [-0.05, 0) is 72.3 Å². The predicted octanol–water partition coefficient (Wildman–Crippen LogP) is 5.84. The maximum absolute atomic E-state index is 13.3. The Labute approximate surface area is 172 Å². The second-order valence-corrected chi connectivity index (χ2v) is 9.62. The molecule has 6 heteroatoms. The van der Waals surface area contributed by atoms with Crippen molar-refractivity contribution in [1.29, 1.82) is 0 Å². The summed E-state index contributed by atoms with van der Waals surface area (Å²) in [7, 11) is 0. The largest absolute Gasteiger partial charge is 0.392 e. The van der Waals surface area contributed by atoms with E-state index in [9.17, 15) is 13.9 Å². The van der Waals surface area contributed by atoms with E-state index in [2.05, 4.69) is 34.2 Å². The molecule has 0 radical (unpaired) electrons. The van der Waals surface area contributed by atoms with E-state index in [0.717, 1.165) is 23.4 Å². The molecule has 3 rings (SSSR count). The van der Waals surface area contributed by atoms with Crippen molar-refractivity contribution >= 4 is 27.3 Å². The molecule has 0 bridgehead atoms. The summed E-state index contributed by atoms with van der Waals surface area (Å²) < 4.78 is 27.7. The van der Waals surface area contributed by atoms with Gasteiger partial charge in [-0.15, -0.1) is 11.3 Å². The molecule has 0 aliphatic heterocycles. The lowest BCUT2D eigenvalue weighted by Gasteiger charge is -2.38. The van der Waals surface area contributed by atoms with Crippen LogP contribution in [0, 0.1) is 18.6 Å². The Bertz CT molecular complexity index is 734. The topological polar surface area (TPSA) is 32.3 Å². The number of aryl methyl sites for hydroxylation is 2. The van der Waals surface area contributed by atoms with Gasteiger partial charge in [-0.3, -0.25) is 0 Å². The van der Waals surface area contributed by atoms with Crippen LogP contribution in [0.4, 0.5) is 8.78 Å². The number of aliphatic hydroxyl groups is 1. The van der Waals surface area contributed by atoms with Crippen molar-refractivity contribution in [3.8, 4) is 0 Å². The Balaban J connectivity index is 1.61. The van der Waals surface area contributed by atoms with Gasteiger partial charge in [-0.25, -0.2) is 8.78 Å². The smallest absolute Gasteiger partial charge is 0.126 e. The average molecular weight is 458 g/mol. The predicted molar refractivity (Wildman–Crippen MR) is 110 cm³/mol. The van der Waals surface area contributed by atoms with Crippen molar-refractivity contribution in [2.45, 2.75) is 63.5 Å². The number of thiophene rings is 1. The van der Waals surface area contributed by atoms with E-state index in [1.807, 2.05) is 11.3 Å². The molecule has 148 valence electrons. The molecule has 1 aromatic carbocycles. The first-order chi connectivity index (χ1) is 12.9. The Hall–Kier alpha value is -0.820. The molecule has 2 aromatic rings. The molecule has 2 nitrogen and oxygen atoms in total. The SMILES string of the molecule is Cc1sc(C2(NCC(O)CCc3cc(F)cc(F)c3)CCCCC2)cc1Br. The minimum atomic E-state index is -0.572. The molecule has 1 fully saturated rings. The van der Waals surface area contributed by atoms with Crippen LogP contribution in [0.1, 0.15) is 53.8 Å². The third-order valence-electron chi connectivity index (χ3n) is 5.40. The molecule has 2 N–H and O–H groups in total. The van der Waals surface area contributed by atoms with Gasteiger partial charge < -0.3 is 10.4 Å². The van der Waals surface area contributed by atoms with Crippen LogP contribution >= 0.6 is 27.3 Å². The minimum Gasteiger partial charge on any atom is -0.392 e. The maximum atomic E-state index is 13.3. The van der Waals surface area contributed by atoms with Crippen LogP contribution in [-0.2, 0) is 12.0 Å². The maximum Gasteiger partial charge on any atom is 0.126 e. The lowest BCUT2D eigenvalue weighted by atomic mass is 9.80. The molecule has 0 saturated heterocycles. The number of hydrogen-bond donors (Lipinski definition) is 2. The van der Waals surface area contributed by atoms with Crippen LogP contribution in [0.15, 0.2) is 28.7 Å². The van der Waals surface area contributed by atoms with Gasteiger partial charge in [0, 0.05) is 26.8 Å². The highest BCUT2D eigenvalue weighted by molar-refractivity contribution is 9.10. The molecule has 0 amide bonds. The zero-order valence-electron chi connectivity index (χ0n) is 15.5. The quantitative estimate of drug-likeness (QED) is 0.547. The van der Waals surface area contributed by atoms with E-state index in [0.29, 0.717) is 24.9 Å². The fourth-order valence-electron chi connectivity index (χ4n) is 3.87. The van der Waals surface area contributed by atoms with Crippen molar-refractivity contribution in [2.75, 3.05) is 6.54 Å². The summed E-state index contributed by atoms with van der Waals surface area (Å²) in [5, 5.41) is 14.1. The first kappa shape index (κ1) is 20.9. The van der Waals surface area contributed by atoms with Gasteiger partial charge in [-0.2, -0.15) is 0 Å². The fourth-order valence-corrected chi connectivity index (χ4v) is 5.62. The van der Waals surface area contributed by atoms with E-state index in [1.165, 1.54) is 41.1 Å². The summed E-state index contributed by atoms with van der Waals surface area (Å²) in [6, 6.07) is 5.74. The highest BCUT2D eigenvalue weighted by atomic mass is 79.9. The molecule has 27 heavy (non-hydrogen) atoms. The number of aliphatic hydroxyl groups excluding tert-OH is 1. The van der Waals surface area contributed by atoms with E-state index in [1.54, 1.807) is 0 Å². The summed E-state index contributed by atoms with van der Waals surface area (Å²) >= 11 is 5.43. The van der Waals surface area contributed by atoms with Crippen molar-refractivity contribution in [3.63, 3.8) is 0 Å². The van der Waals surface area contributed by atoms with Gasteiger partial charge in [0.15, 0.2) is 0 Å². The summed E-state index contributed by atoms with van der Waals surface area (Å²) in [5.41, 5.74) is 0.503. The summed E-state index contributed by atoms with van der Waals surface area (Å²) in [4.78, 5) is 2.59. The van der Waals surface area contributed by atoms with Gasteiger partial charge >= 0.3 is 0 Å². The highest BCUT2D eigenvalue weighted by Gasteiger charge is 2.35. The van der Waals surface area contributed by atoms with E-state index in [4.69, 9.17) is 0 Å². The molecule has 1 aromatic heterocycles. The third-order valence-corrected chi connectivity index (χ3v) is 7.74. The van der Waals surface area contributed by atoms with E-state index < -0.39 is 17.7 Å². The number of benzene rings is 1. The minimum absolute atomic E-state index is 0.0777. The fraction of sp³-hybridized carbons (Fsp3) is 0.524. The molecule has 0 spiro atoms. The van der Waals surface area contributed by atoms with E-state index >= 15 is 0 Å². The van der Waals surface area contributed by atoms with Crippen molar-refractivity contribution in [2.24, 2.45) is 0 Å². The van der Waals surface area contributed by atoms with Crippen LogP contribution in [0.3, 0.4) is 0 Å². The van der Waals surface area contributed by atoms with Crippen LogP contribution in [0.2, 0.25) is 0 Å². The molecular formula is C21H26BrF2NOS. The first-order valence-electron chi connectivity index (χ1n) is 9.52. The molecule has 1 unspecified atom stereocenters. The second kappa shape index (κ2) is 9.12. The van der Waals surface area contributed by atoms with Crippen LogP contribution in [0.5, 0.6) is 0 Å². The van der Waals surface area contributed by atoms with Crippen LogP contribution in [0.25, 0.3) is 0 Å². The zero-order chi connectivity index (χ0) is 19.4. The van der Waals surface area contributed by atoms with Crippen LogP contribution in [-0.4, -0.2) is 17.8 Å². The average Bonchev–Trinajstić information content (AvgIpc) is 2.98. The zero-order valence-corrected chi connectivity index (χ0v) is 17.9. The summed E-state index contributed by atoms with van der Waals surface area (Å²) in [6.45, 7) is 2.59. The summed E-state index contributed by atoms with van der Waals surface area (Å²) in [6.07, 6.45) is 6.12. The molecule has 1 heterocycles. The third kappa shape index (κ3) is 5.37. The number of halogens is 3. The molecule has 1 saturated carbocycles. The Kier molecular flexibility index (Phi) is 7.06. The lowest BCUT2D eigenvalue weighted by molar-refractivity contribution is 0.133. The molecule has 1 aliphatic carbocycles. The first-order valence-corrected chi connectivity index (χ1v) is 11.1. The monoisotopic (exact) mass is 457 g/mol. The van der Waals surface area contributed by atoms with Crippen molar-refractivity contribution in [3.05, 3.63) is 55.7 Å². The van der Waals surface area contributed by atoms with Crippen molar-refractivity contribution in [1.82, 2.24) is 5.32 Å². The number of nitrogens with one attached hydrogen (secondary N) is 1. The van der Waals surface area contributed by atoms with Gasteiger partial charge in [0.05, 0.1) is 11.6 Å². The molecule has 1 aliphatic rings. The standard InChI is InChI=1S/C21H26BrF2NOS/c1-14-19(22)12-20(27-14)21(7-3-2-4-8-21)25-13-18(26)6-5-15-9-16(23)11-17(24)10-15/h9-12,18,25-26H,2-8,13H2,1H3. The van der Waals surface area contributed by atoms with E-state index in [-0.39, 0.29) is 5.54 Å². The van der Waals surface area contributed by atoms with Gasteiger partial charge in [0.2, 0.25) is 0 Å². The van der Waals surface area contributed by atoms with Crippen LogP contribution < -0.4 is 5.32 Å². The Morgan fingerprint density at radius 1 is 1.15 bits per heavy atom. The molecular weight excluding hydrogens is 432 g/mol. The highest BCUT2D eigenvalue weighted by Crippen LogP contribution is 2.42. The van der Waals surface area contributed by atoms with Gasteiger partial charge in [-0.1, -0.05) is 19.3 Å². The number of rotatable bonds is 7. The Morgan fingerprint density at radius 2 is 1.81 bits per heavy atom. The Morgan fingerprint density at radius 3 is 2.41 bits per heavy atom. The van der Waals surface area contributed by atoms with Crippen molar-refractivity contribution < 1.29 is 13.9 Å².